The molecule has 3 N–H and O–H groups in total. The first-order chi connectivity index (χ1) is 5.33. The molecule has 0 spiro atoms. The van der Waals surface area contributed by atoms with Crippen LogP contribution >= 0.6 is 0 Å². The van der Waals surface area contributed by atoms with Gasteiger partial charge in [-0.1, -0.05) is 0 Å². The summed E-state index contributed by atoms with van der Waals surface area (Å²) in [5.74, 6) is 0.712. The molecule has 1 fully saturated rings. The number of ether oxygens (including phenoxy) is 1. The van der Waals surface area contributed by atoms with E-state index in [9.17, 15) is 0 Å². The SMILES string of the molecule is C[C@H](CN)NCC1CCOC1. The second-order valence-corrected chi connectivity index (χ2v) is 3.27. The van der Waals surface area contributed by atoms with Crippen LogP contribution in [0.15, 0.2) is 0 Å². The minimum atomic E-state index is 0.440. The molecule has 0 aromatic carbocycles. The molecule has 11 heavy (non-hydrogen) atoms. The van der Waals surface area contributed by atoms with Crippen LogP contribution in [0.4, 0.5) is 0 Å². The van der Waals surface area contributed by atoms with Gasteiger partial charge in [0.2, 0.25) is 0 Å². The van der Waals surface area contributed by atoms with Crippen molar-refractivity contribution >= 4 is 0 Å². The molecule has 0 radical (unpaired) electrons. The molecule has 1 unspecified atom stereocenters. The van der Waals surface area contributed by atoms with E-state index in [1.807, 2.05) is 0 Å². The van der Waals surface area contributed by atoms with Gasteiger partial charge in [-0.25, -0.2) is 0 Å². The minimum Gasteiger partial charge on any atom is -0.381 e. The zero-order valence-electron chi connectivity index (χ0n) is 7.18. The molecule has 0 aliphatic carbocycles. The second-order valence-electron chi connectivity index (χ2n) is 3.27. The topological polar surface area (TPSA) is 47.3 Å². The van der Waals surface area contributed by atoms with Crippen molar-refractivity contribution in [2.24, 2.45) is 11.7 Å². The molecule has 1 rings (SSSR count). The van der Waals surface area contributed by atoms with Gasteiger partial charge in [0.1, 0.15) is 0 Å². The largest absolute Gasteiger partial charge is 0.381 e. The molecule has 1 aliphatic rings. The Morgan fingerprint density at radius 1 is 1.73 bits per heavy atom. The first-order valence-electron chi connectivity index (χ1n) is 4.34. The number of nitrogens with one attached hydrogen (secondary N) is 1. The molecular weight excluding hydrogens is 140 g/mol. The van der Waals surface area contributed by atoms with E-state index < -0.39 is 0 Å². The van der Waals surface area contributed by atoms with E-state index in [2.05, 4.69) is 12.2 Å². The average molecular weight is 158 g/mol. The summed E-state index contributed by atoms with van der Waals surface area (Å²) in [6, 6.07) is 0.440. The molecule has 0 saturated carbocycles. The third-order valence-corrected chi connectivity index (χ3v) is 2.13. The molecule has 1 saturated heterocycles. The molecule has 1 heterocycles. The lowest BCUT2D eigenvalue weighted by atomic mass is 10.1. The Morgan fingerprint density at radius 3 is 3.09 bits per heavy atom. The minimum absolute atomic E-state index is 0.440. The van der Waals surface area contributed by atoms with Crippen LogP contribution in [0.1, 0.15) is 13.3 Å². The van der Waals surface area contributed by atoms with E-state index in [1.165, 1.54) is 6.42 Å². The zero-order valence-corrected chi connectivity index (χ0v) is 7.18. The van der Waals surface area contributed by atoms with Crippen molar-refractivity contribution in [3.63, 3.8) is 0 Å². The van der Waals surface area contributed by atoms with Crippen LogP contribution in [-0.4, -0.2) is 32.3 Å². The van der Waals surface area contributed by atoms with Crippen LogP contribution in [0.3, 0.4) is 0 Å². The van der Waals surface area contributed by atoms with Crippen LogP contribution in [0.5, 0.6) is 0 Å². The number of rotatable bonds is 4. The van der Waals surface area contributed by atoms with E-state index in [4.69, 9.17) is 10.5 Å². The standard InChI is InChI=1S/C8H18N2O/c1-7(4-9)10-5-8-2-3-11-6-8/h7-8,10H,2-6,9H2,1H3/t7-,8?/m1/s1. The molecule has 0 bridgehead atoms. The monoisotopic (exact) mass is 158 g/mol. The van der Waals surface area contributed by atoms with Crippen LogP contribution in [0, 0.1) is 5.92 Å². The van der Waals surface area contributed by atoms with E-state index >= 15 is 0 Å². The fraction of sp³-hybridized carbons (Fsp3) is 1.00. The van der Waals surface area contributed by atoms with E-state index in [-0.39, 0.29) is 0 Å². The highest BCUT2D eigenvalue weighted by molar-refractivity contribution is 4.69. The van der Waals surface area contributed by atoms with Crippen molar-refractivity contribution in [1.29, 1.82) is 0 Å². The summed E-state index contributed by atoms with van der Waals surface area (Å²) in [6.45, 7) is 5.73. The molecule has 0 amide bonds. The summed E-state index contributed by atoms with van der Waals surface area (Å²) in [5, 5.41) is 3.37. The van der Waals surface area contributed by atoms with Gasteiger partial charge in [-0.15, -0.1) is 0 Å². The molecule has 1 aliphatic heterocycles. The van der Waals surface area contributed by atoms with Gasteiger partial charge in [-0.3, -0.25) is 0 Å². The van der Waals surface area contributed by atoms with Gasteiger partial charge in [0, 0.05) is 25.7 Å². The highest BCUT2D eigenvalue weighted by atomic mass is 16.5. The Balaban J connectivity index is 2.01. The van der Waals surface area contributed by atoms with E-state index in [0.717, 1.165) is 19.8 Å². The fourth-order valence-corrected chi connectivity index (χ4v) is 1.20. The van der Waals surface area contributed by atoms with Gasteiger partial charge in [0.15, 0.2) is 0 Å². The normalized spacial score (nSPS) is 27.3. The van der Waals surface area contributed by atoms with Gasteiger partial charge in [-0.2, -0.15) is 0 Å². The van der Waals surface area contributed by atoms with Crippen LogP contribution in [0.25, 0.3) is 0 Å². The van der Waals surface area contributed by atoms with Crippen molar-refractivity contribution in [3.8, 4) is 0 Å². The van der Waals surface area contributed by atoms with Crippen LogP contribution < -0.4 is 11.1 Å². The molecule has 2 atom stereocenters. The maximum atomic E-state index is 5.46. The van der Waals surface area contributed by atoms with Crippen molar-refractivity contribution in [2.45, 2.75) is 19.4 Å². The van der Waals surface area contributed by atoms with Gasteiger partial charge in [0.05, 0.1) is 6.61 Å². The molecular formula is C8H18N2O. The highest BCUT2D eigenvalue weighted by Gasteiger charge is 2.15. The second kappa shape index (κ2) is 4.70. The van der Waals surface area contributed by atoms with E-state index in [1.54, 1.807) is 0 Å². The lowest BCUT2D eigenvalue weighted by molar-refractivity contribution is 0.184. The maximum Gasteiger partial charge on any atom is 0.0507 e. The maximum absolute atomic E-state index is 5.46. The average Bonchev–Trinajstić information content (AvgIpc) is 2.52. The first-order valence-corrected chi connectivity index (χ1v) is 4.34. The number of hydrogen-bond acceptors (Lipinski definition) is 3. The molecule has 0 aromatic rings. The molecule has 3 nitrogen and oxygen atoms in total. The zero-order chi connectivity index (χ0) is 8.10. The number of hydrogen-bond donors (Lipinski definition) is 2. The predicted molar refractivity (Wildman–Crippen MR) is 45.4 cm³/mol. The summed E-state index contributed by atoms with van der Waals surface area (Å²) < 4.78 is 5.25. The lowest BCUT2D eigenvalue weighted by Gasteiger charge is -2.13. The Bertz CT molecular complexity index is 102. The van der Waals surface area contributed by atoms with Crippen LogP contribution in [0.2, 0.25) is 0 Å². The van der Waals surface area contributed by atoms with Gasteiger partial charge in [0.25, 0.3) is 0 Å². The van der Waals surface area contributed by atoms with Crippen molar-refractivity contribution < 1.29 is 4.74 Å². The Kier molecular flexibility index (Phi) is 3.83. The van der Waals surface area contributed by atoms with Gasteiger partial charge >= 0.3 is 0 Å². The Hall–Kier alpha value is -0.120. The summed E-state index contributed by atoms with van der Waals surface area (Å²) in [4.78, 5) is 0. The summed E-state index contributed by atoms with van der Waals surface area (Å²) in [6.07, 6.45) is 1.20. The Labute approximate surface area is 68.3 Å². The summed E-state index contributed by atoms with van der Waals surface area (Å²) in [7, 11) is 0. The summed E-state index contributed by atoms with van der Waals surface area (Å²) >= 11 is 0. The fourth-order valence-electron chi connectivity index (χ4n) is 1.20. The van der Waals surface area contributed by atoms with E-state index in [0.29, 0.717) is 18.5 Å². The Morgan fingerprint density at radius 2 is 2.55 bits per heavy atom. The number of nitrogens with two attached hydrogens (primary N) is 1. The third kappa shape index (κ3) is 3.18. The highest BCUT2D eigenvalue weighted by Crippen LogP contribution is 2.10. The molecule has 0 aromatic heterocycles. The van der Waals surface area contributed by atoms with Crippen molar-refractivity contribution in [3.05, 3.63) is 0 Å². The lowest BCUT2D eigenvalue weighted by Crippen LogP contribution is -2.36. The molecule has 3 heteroatoms. The predicted octanol–water partition coefficient (Wildman–Crippen LogP) is -0.0403. The van der Waals surface area contributed by atoms with Crippen molar-refractivity contribution in [1.82, 2.24) is 5.32 Å². The van der Waals surface area contributed by atoms with Gasteiger partial charge in [-0.05, 0) is 19.3 Å². The summed E-state index contributed by atoms with van der Waals surface area (Å²) in [5.41, 5.74) is 5.46. The van der Waals surface area contributed by atoms with Gasteiger partial charge < -0.3 is 15.8 Å². The quantitative estimate of drug-likeness (QED) is 0.603. The first kappa shape index (κ1) is 8.97. The van der Waals surface area contributed by atoms with Crippen LogP contribution in [-0.2, 0) is 4.74 Å². The van der Waals surface area contributed by atoms with Crippen molar-refractivity contribution in [2.75, 3.05) is 26.3 Å². The third-order valence-electron chi connectivity index (χ3n) is 2.13. The smallest absolute Gasteiger partial charge is 0.0507 e. The molecule has 66 valence electrons.